The minimum atomic E-state index is -0.644. The minimum Gasteiger partial charge on any atom is -0.340 e. The Balaban J connectivity index is 1.92. The Bertz CT molecular complexity index is 1440. The number of nitrogens with zero attached hydrogens (tertiary/aromatic N) is 2. The van der Waals surface area contributed by atoms with Crippen LogP contribution in [0.5, 0.6) is 0 Å². The number of H-pyrrole nitrogens is 2. The Hall–Kier alpha value is -3.87. The van der Waals surface area contributed by atoms with E-state index in [1.54, 1.807) is 19.0 Å². The van der Waals surface area contributed by atoms with Crippen LogP contribution in [0.25, 0.3) is 22.3 Å². The fourth-order valence-electron chi connectivity index (χ4n) is 4.33. The summed E-state index contributed by atoms with van der Waals surface area (Å²) in [5.74, 6) is -0.756. The summed E-state index contributed by atoms with van der Waals surface area (Å²) in [5, 5.41) is 0.330. The zero-order valence-electron chi connectivity index (χ0n) is 16.8. The Morgan fingerprint density at radius 3 is 2.33 bits per heavy atom. The lowest BCUT2D eigenvalue weighted by molar-refractivity contribution is -0.118. The number of para-hydroxylation sites is 1. The van der Waals surface area contributed by atoms with Gasteiger partial charge < -0.3 is 9.88 Å². The van der Waals surface area contributed by atoms with Gasteiger partial charge in [0.25, 0.3) is 5.56 Å². The molecule has 1 atom stereocenters. The first-order valence-electron chi connectivity index (χ1n) is 9.67. The molecule has 7 heteroatoms. The molecule has 2 aromatic heterocycles. The topological polar surface area (TPSA) is 91.0 Å². The maximum atomic E-state index is 13.3. The van der Waals surface area contributed by atoms with E-state index in [0.717, 1.165) is 22.4 Å². The number of rotatable bonds is 2. The number of hydrogen-bond acceptors (Lipinski definition) is 3. The quantitative estimate of drug-likeness (QED) is 0.542. The third-order valence-corrected chi connectivity index (χ3v) is 5.92. The van der Waals surface area contributed by atoms with E-state index >= 15 is 0 Å². The number of anilines is 1. The highest BCUT2D eigenvalue weighted by molar-refractivity contribution is 6.10. The number of benzene rings is 2. The number of nitrogens with one attached hydrogen (secondary N) is 2. The van der Waals surface area contributed by atoms with Gasteiger partial charge in [-0.05, 0) is 24.1 Å². The number of amides is 1. The Morgan fingerprint density at radius 2 is 1.60 bits per heavy atom. The van der Waals surface area contributed by atoms with Crippen LogP contribution in [0, 0.1) is 6.92 Å². The van der Waals surface area contributed by atoms with E-state index in [1.807, 2.05) is 55.5 Å². The van der Waals surface area contributed by atoms with Gasteiger partial charge in [0.1, 0.15) is 5.65 Å². The summed E-state index contributed by atoms with van der Waals surface area (Å²) in [6.07, 6.45) is 0. The highest BCUT2D eigenvalue weighted by Gasteiger charge is 2.40. The molecule has 1 amide bonds. The summed E-state index contributed by atoms with van der Waals surface area (Å²) in [6, 6.07) is 15.4. The number of fused-ring (bicyclic) bond motifs is 2. The van der Waals surface area contributed by atoms with Crippen LogP contribution < -0.4 is 16.1 Å². The summed E-state index contributed by atoms with van der Waals surface area (Å²) in [4.78, 5) is 45.7. The molecule has 0 fully saturated rings. The van der Waals surface area contributed by atoms with E-state index in [1.165, 1.54) is 4.57 Å². The molecule has 5 rings (SSSR count). The molecule has 0 aliphatic carbocycles. The first kappa shape index (κ1) is 18.2. The molecule has 0 saturated carbocycles. The van der Waals surface area contributed by atoms with Crippen molar-refractivity contribution in [2.45, 2.75) is 12.8 Å². The van der Waals surface area contributed by atoms with Crippen LogP contribution in [0.1, 0.15) is 22.6 Å². The van der Waals surface area contributed by atoms with Gasteiger partial charge in [-0.2, -0.15) is 0 Å². The average Bonchev–Trinajstić information content (AvgIpc) is 3.24. The van der Waals surface area contributed by atoms with Crippen molar-refractivity contribution in [3.8, 4) is 11.3 Å². The molecule has 7 nitrogen and oxygen atoms in total. The molecule has 0 bridgehead atoms. The molecule has 2 aromatic carbocycles. The van der Waals surface area contributed by atoms with E-state index < -0.39 is 17.2 Å². The molecule has 1 aliphatic rings. The highest BCUT2D eigenvalue weighted by Crippen LogP contribution is 2.45. The summed E-state index contributed by atoms with van der Waals surface area (Å²) in [5.41, 5.74) is 4.25. The fraction of sp³-hybridized carbons (Fsp3) is 0.174. The van der Waals surface area contributed by atoms with Gasteiger partial charge in [0.15, 0.2) is 0 Å². The van der Waals surface area contributed by atoms with Crippen molar-refractivity contribution in [3.63, 3.8) is 0 Å². The van der Waals surface area contributed by atoms with Crippen LogP contribution in [0.3, 0.4) is 0 Å². The second-order valence-electron chi connectivity index (χ2n) is 7.71. The lowest BCUT2D eigenvalue weighted by Crippen LogP contribution is -2.29. The number of likely N-dealkylation sites (N-methyl/N-ethyl adjacent to an activating group) is 1. The van der Waals surface area contributed by atoms with Gasteiger partial charge >= 0.3 is 5.69 Å². The molecule has 0 spiro atoms. The van der Waals surface area contributed by atoms with Gasteiger partial charge in [-0.1, -0.05) is 48.0 Å². The number of carbonyl (C=O) groups is 1. The third kappa shape index (κ3) is 2.41. The number of aromatic amines is 2. The maximum absolute atomic E-state index is 13.3. The van der Waals surface area contributed by atoms with Gasteiger partial charge in [-0.15, -0.1) is 0 Å². The Labute approximate surface area is 171 Å². The van der Waals surface area contributed by atoms with E-state index in [0.29, 0.717) is 22.3 Å². The summed E-state index contributed by atoms with van der Waals surface area (Å²) >= 11 is 0. The summed E-state index contributed by atoms with van der Waals surface area (Å²) in [7, 11) is 3.33. The maximum Gasteiger partial charge on any atom is 0.329 e. The molecule has 150 valence electrons. The zero-order valence-corrected chi connectivity index (χ0v) is 16.8. The van der Waals surface area contributed by atoms with Gasteiger partial charge in [0.05, 0.1) is 17.0 Å². The van der Waals surface area contributed by atoms with Crippen LogP contribution in [0.4, 0.5) is 5.69 Å². The molecule has 3 heterocycles. The van der Waals surface area contributed by atoms with Crippen molar-refractivity contribution in [2.24, 2.45) is 7.05 Å². The molecule has 0 saturated heterocycles. The van der Waals surface area contributed by atoms with Crippen molar-refractivity contribution in [1.29, 1.82) is 0 Å². The van der Waals surface area contributed by atoms with Crippen LogP contribution in [0.15, 0.2) is 58.1 Å². The van der Waals surface area contributed by atoms with E-state index in [2.05, 4.69) is 9.97 Å². The average molecular weight is 400 g/mol. The largest absolute Gasteiger partial charge is 0.340 e. The molecular weight excluding hydrogens is 380 g/mol. The molecular formula is C23H20N4O3. The lowest BCUT2D eigenvalue weighted by atomic mass is 9.89. The van der Waals surface area contributed by atoms with Crippen molar-refractivity contribution >= 4 is 22.6 Å². The number of aryl methyl sites for hydroxylation is 2. The van der Waals surface area contributed by atoms with Crippen molar-refractivity contribution < 1.29 is 4.79 Å². The minimum absolute atomic E-state index is 0.112. The van der Waals surface area contributed by atoms with Crippen LogP contribution in [-0.4, -0.2) is 27.5 Å². The van der Waals surface area contributed by atoms with Gasteiger partial charge in [0.2, 0.25) is 5.91 Å². The Morgan fingerprint density at radius 1 is 0.900 bits per heavy atom. The predicted octanol–water partition coefficient (Wildman–Crippen LogP) is 2.64. The second kappa shape index (κ2) is 6.32. The van der Waals surface area contributed by atoms with Crippen molar-refractivity contribution in [1.82, 2.24) is 14.5 Å². The van der Waals surface area contributed by atoms with Crippen LogP contribution >= 0.6 is 0 Å². The first-order chi connectivity index (χ1) is 14.4. The second-order valence-corrected chi connectivity index (χ2v) is 7.71. The summed E-state index contributed by atoms with van der Waals surface area (Å²) < 4.78 is 1.37. The monoisotopic (exact) mass is 400 g/mol. The van der Waals surface area contributed by atoms with E-state index in [4.69, 9.17) is 0 Å². The van der Waals surface area contributed by atoms with Crippen molar-refractivity contribution in [3.05, 3.63) is 86.1 Å². The molecule has 0 unspecified atom stereocenters. The Kier molecular flexibility index (Phi) is 3.83. The molecule has 30 heavy (non-hydrogen) atoms. The fourth-order valence-corrected chi connectivity index (χ4v) is 4.33. The molecule has 0 radical (unpaired) electrons. The third-order valence-electron chi connectivity index (χ3n) is 5.92. The van der Waals surface area contributed by atoms with E-state index in [9.17, 15) is 14.4 Å². The van der Waals surface area contributed by atoms with Crippen molar-refractivity contribution in [2.75, 3.05) is 11.9 Å². The number of carbonyl (C=O) groups excluding carboxylic acids is 1. The standard InChI is InChI=1S/C23H20N4O3/c1-12-8-10-13(11-9-12)19-17(18-20(24-19)27(3)23(30)25-21(18)28)16-14-6-4-5-7-15(14)26(2)22(16)29/h4-11,16,24H,1-3H3,(H,25,28,30)/t16-/m1/s1. The summed E-state index contributed by atoms with van der Waals surface area (Å²) in [6.45, 7) is 2.00. The molecule has 4 aromatic rings. The number of aromatic nitrogens is 3. The van der Waals surface area contributed by atoms with Gasteiger partial charge in [-0.25, -0.2) is 4.79 Å². The highest BCUT2D eigenvalue weighted by atomic mass is 16.2. The smallest absolute Gasteiger partial charge is 0.329 e. The molecule has 2 N–H and O–H groups in total. The number of hydrogen-bond donors (Lipinski definition) is 2. The lowest BCUT2D eigenvalue weighted by Gasteiger charge is -2.13. The first-order valence-corrected chi connectivity index (χ1v) is 9.67. The van der Waals surface area contributed by atoms with Crippen LogP contribution in [0.2, 0.25) is 0 Å². The van der Waals surface area contributed by atoms with Gasteiger partial charge in [-0.3, -0.25) is 19.1 Å². The SMILES string of the molecule is Cc1ccc(-c2[nH]c3c(c2[C@@H]2C(=O)N(C)c4ccccc42)c(=O)[nH]c(=O)n3C)cc1. The normalized spacial score (nSPS) is 15.8. The predicted molar refractivity (Wildman–Crippen MR) is 116 cm³/mol. The van der Waals surface area contributed by atoms with Crippen LogP contribution in [-0.2, 0) is 11.8 Å². The molecule has 1 aliphatic heterocycles. The van der Waals surface area contributed by atoms with E-state index in [-0.39, 0.29) is 5.91 Å². The van der Waals surface area contributed by atoms with Gasteiger partial charge in [0, 0.05) is 25.3 Å². The zero-order chi connectivity index (χ0) is 21.2.